The summed E-state index contributed by atoms with van der Waals surface area (Å²) in [5.74, 6) is 1.68. The second-order valence-corrected chi connectivity index (χ2v) is 5.39. The fraction of sp³-hybridized carbons (Fsp3) is 0.250. The van der Waals surface area contributed by atoms with Crippen molar-refractivity contribution < 1.29 is 9.21 Å². The van der Waals surface area contributed by atoms with Crippen molar-refractivity contribution in [3.63, 3.8) is 0 Å². The van der Waals surface area contributed by atoms with E-state index < -0.39 is 0 Å². The van der Waals surface area contributed by atoms with Gasteiger partial charge in [-0.3, -0.25) is 19.3 Å². The van der Waals surface area contributed by atoms with Crippen molar-refractivity contribution in [2.24, 2.45) is 0 Å². The van der Waals surface area contributed by atoms with E-state index in [2.05, 4.69) is 20.5 Å². The third kappa shape index (κ3) is 3.27. The lowest BCUT2D eigenvalue weighted by molar-refractivity contribution is -0.116. The molecule has 0 atom stereocenters. The van der Waals surface area contributed by atoms with Gasteiger partial charge in [0.15, 0.2) is 11.6 Å². The van der Waals surface area contributed by atoms with Crippen LogP contribution in [0.3, 0.4) is 0 Å². The molecule has 24 heavy (non-hydrogen) atoms. The molecule has 3 aromatic rings. The molecule has 0 aliphatic carbocycles. The third-order valence-electron chi connectivity index (χ3n) is 3.63. The van der Waals surface area contributed by atoms with E-state index in [1.165, 1.54) is 23.2 Å². The second kappa shape index (κ2) is 6.53. The number of nitrogens with zero attached hydrogens (tertiary/aromatic N) is 3. The smallest absolute Gasteiger partial charge is 0.253 e. The van der Waals surface area contributed by atoms with Crippen LogP contribution in [-0.2, 0) is 11.3 Å². The van der Waals surface area contributed by atoms with E-state index in [1.54, 1.807) is 0 Å². The Morgan fingerprint density at radius 3 is 2.88 bits per heavy atom. The Hall–Kier alpha value is -3.16. The average Bonchev–Trinajstić information content (AvgIpc) is 3.13. The highest BCUT2D eigenvalue weighted by Gasteiger charge is 2.15. The van der Waals surface area contributed by atoms with E-state index in [0.29, 0.717) is 11.6 Å². The van der Waals surface area contributed by atoms with Crippen LogP contribution in [0.2, 0.25) is 0 Å². The third-order valence-corrected chi connectivity index (χ3v) is 3.63. The molecule has 0 aliphatic heterocycles. The minimum absolute atomic E-state index is 0.146. The standard InChI is InChI=1S/C16H17N5O3/c1-10-3-4-12(24-10)15-11(2)16(20-19-15)18-13(22)6-8-21-9-17-7-5-14(21)23/h3-5,7,9H,6,8H2,1-2H3,(H2,18,19,20,22). The minimum atomic E-state index is -0.234. The molecule has 0 aliphatic rings. The van der Waals surface area contributed by atoms with E-state index in [9.17, 15) is 9.59 Å². The summed E-state index contributed by atoms with van der Waals surface area (Å²) in [6.07, 6.45) is 2.98. The normalized spacial score (nSPS) is 10.8. The molecule has 0 bridgehead atoms. The molecule has 8 nitrogen and oxygen atoms in total. The lowest BCUT2D eigenvalue weighted by Crippen LogP contribution is -2.22. The number of aromatic nitrogens is 4. The zero-order chi connectivity index (χ0) is 17.1. The summed E-state index contributed by atoms with van der Waals surface area (Å²) in [5, 5.41) is 9.72. The molecule has 3 rings (SSSR count). The van der Waals surface area contributed by atoms with Crippen molar-refractivity contribution in [2.75, 3.05) is 5.32 Å². The van der Waals surface area contributed by atoms with Crippen LogP contribution in [0.25, 0.3) is 11.5 Å². The molecule has 3 heterocycles. The molecule has 0 radical (unpaired) electrons. The summed E-state index contributed by atoms with van der Waals surface area (Å²) in [4.78, 5) is 27.5. The molecule has 2 N–H and O–H groups in total. The van der Waals surface area contributed by atoms with Crippen LogP contribution in [0.1, 0.15) is 17.7 Å². The molecular weight excluding hydrogens is 310 g/mol. The van der Waals surface area contributed by atoms with Crippen LogP contribution in [0.15, 0.2) is 39.9 Å². The highest BCUT2D eigenvalue weighted by atomic mass is 16.3. The first-order valence-corrected chi connectivity index (χ1v) is 7.46. The number of rotatable bonds is 5. The lowest BCUT2D eigenvalue weighted by atomic mass is 10.2. The van der Waals surface area contributed by atoms with Crippen LogP contribution in [-0.4, -0.2) is 25.7 Å². The van der Waals surface area contributed by atoms with Gasteiger partial charge in [-0.25, -0.2) is 4.98 Å². The monoisotopic (exact) mass is 327 g/mol. The Labute approximate surface area is 137 Å². The first-order chi connectivity index (χ1) is 11.5. The van der Waals surface area contributed by atoms with Crippen molar-refractivity contribution in [3.8, 4) is 11.5 Å². The molecule has 0 saturated heterocycles. The Bertz CT molecular complexity index is 922. The molecule has 3 aromatic heterocycles. The molecular formula is C16H17N5O3. The predicted octanol–water partition coefficient (Wildman–Crippen LogP) is 1.87. The average molecular weight is 327 g/mol. The van der Waals surface area contributed by atoms with Crippen LogP contribution in [0, 0.1) is 13.8 Å². The van der Waals surface area contributed by atoms with E-state index in [0.717, 1.165) is 17.0 Å². The first kappa shape index (κ1) is 15.7. The molecule has 0 unspecified atom stereocenters. The maximum absolute atomic E-state index is 12.1. The van der Waals surface area contributed by atoms with Crippen molar-refractivity contribution in [2.45, 2.75) is 26.8 Å². The molecule has 0 saturated carbocycles. The maximum atomic E-state index is 12.1. The van der Waals surface area contributed by atoms with Gasteiger partial charge in [-0.2, -0.15) is 5.10 Å². The van der Waals surface area contributed by atoms with Gasteiger partial charge in [0.1, 0.15) is 11.5 Å². The Balaban J connectivity index is 1.66. The second-order valence-electron chi connectivity index (χ2n) is 5.39. The predicted molar refractivity (Wildman–Crippen MR) is 87.5 cm³/mol. The quantitative estimate of drug-likeness (QED) is 0.744. The number of carbonyl (C=O) groups excluding carboxylic acids is 1. The van der Waals surface area contributed by atoms with Crippen molar-refractivity contribution in [3.05, 3.63) is 52.4 Å². The summed E-state index contributed by atoms with van der Waals surface area (Å²) in [6.45, 7) is 3.96. The molecule has 0 fully saturated rings. The van der Waals surface area contributed by atoms with Gasteiger partial charge >= 0.3 is 0 Å². The van der Waals surface area contributed by atoms with Gasteiger partial charge < -0.3 is 9.73 Å². The maximum Gasteiger partial charge on any atom is 0.253 e. The number of nitrogens with one attached hydrogen (secondary N) is 2. The van der Waals surface area contributed by atoms with Crippen molar-refractivity contribution in [1.29, 1.82) is 0 Å². The highest BCUT2D eigenvalue weighted by molar-refractivity contribution is 5.91. The van der Waals surface area contributed by atoms with Crippen molar-refractivity contribution >= 4 is 11.7 Å². The van der Waals surface area contributed by atoms with E-state index >= 15 is 0 Å². The fourth-order valence-corrected chi connectivity index (χ4v) is 2.29. The van der Waals surface area contributed by atoms with Crippen LogP contribution in [0.4, 0.5) is 5.82 Å². The van der Waals surface area contributed by atoms with Gasteiger partial charge in [-0.1, -0.05) is 0 Å². The Morgan fingerprint density at radius 2 is 2.17 bits per heavy atom. The number of amides is 1. The van der Waals surface area contributed by atoms with Gasteiger partial charge in [-0.05, 0) is 26.0 Å². The fourth-order valence-electron chi connectivity index (χ4n) is 2.29. The van der Waals surface area contributed by atoms with Gasteiger partial charge in [0, 0.05) is 30.8 Å². The first-order valence-electron chi connectivity index (χ1n) is 7.46. The molecule has 1 amide bonds. The topological polar surface area (TPSA) is 106 Å². The van der Waals surface area contributed by atoms with E-state index in [4.69, 9.17) is 4.42 Å². The van der Waals surface area contributed by atoms with Gasteiger partial charge in [0.05, 0.1) is 6.33 Å². The highest BCUT2D eigenvalue weighted by Crippen LogP contribution is 2.27. The van der Waals surface area contributed by atoms with Gasteiger partial charge in [0.25, 0.3) is 5.56 Å². The van der Waals surface area contributed by atoms with Gasteiger partial charge in [-0.15, -0.1) is 0 Å². The summed E-state index contributed by atoms with van der Waals surface area (Å²) >= 11 is 0. The summed E-state index contributed by atoms with van der Waals surface area (Å²) < 4.78 is 6.94. The Kier molecular flexibility index (Phi) is 4.28. The zero-order valence-corrected chi connectivity index (χ0v) is 13.4. The SMILES string of the molecule is Cc1ccc(-c2[nH]nc(NC(=O)CCn3cnccc3=O)c2C)o1. The number of aryl methyl sites for hydroxylation is 2. The Morgan fingerprint density at radius 1 is 1.33 bits per heavy atom. The summed E-state index contributed by atoms with van der Waals surface area (Å²) in [6, 6.07) is 5.06. The zero-order valence-electron chi connectivity index (χ0n) is 13.4. The van der Waals surface area contributed by atoms with Crippen LogP contribution < -0.4 is 10.9 Å². The minimum Gasteiger partial charge on any atom is -0.460 e. The molecule has 0 spiro atoms. The van der Waals surface area contributed by atoms with Crippen LogP contribution in [0.5, 0.6) is 0 Å². The number of anilines is 1. The lowest BCUT2D eigenvalue weighted by Gasteiger charge is -2.05. The number of aromatic amines is 1. The number of furan rings is 1. The number of hydrogen-bond acceptors (Lipinski definition) is 5. The number of H-pyrrole nitrogens is 1. The van der Waals surface area contributed by atoms with Crippen LogP contribution >= 0.6 is 0 Å². The summed E-state index contributed by atoms with van der Waals surface area (Å²) in [5.41, 5.74) is 1.32. The molecule has 124 valence electrons. The van der Waals surface area contributed by atoms with E-state index in [-0.39, 0.29) is 24.4 Å². The van der Waals surface area contributed by atoms with Gasteiger partial charge in [0.2, 0.25) is 5.91 Å². The van der Waals surface area contributed by atoms with Crippen molar-refractivity contribution in [1.82, 2.24) is 19.7 Å². The number of hydrogen-bond donors (Lipinski definition) is 2. The molecule has 0 aromatic carbocycles. The number of carbonyl (C=O) groups is 1. The summed E-state index contributed by atoms with van der Waals surface area (Å²) in [7, 11) is 0. The molecule has 8 heteroatoms. The van der Waals surface area contributed by atoms with E-state index in [1.807, 2.05) is 26.0 Å². The largest absolute Gasteiger partial charge is 0.460 e.